The van der Waals surface area contributed by atoms with Crippen LogP contribution in [0.2, 0.25) is 0 Å². The quantitative estimate of drug-likeness (QED) is 0.856. The summed E-state index contributed by atoms with van der Waals surface area (Å²) >= 11 is 0. The van der Waals surface area contributed by atoms with Crippen molar-refractivity contribution in [2.45, 2.75) is 56.8 Å². The van der Waals surface area contributed by atoms with Crippen molar-refractivity contribution >= 4 is 11.8 Å². The second-order valence-electron chi connectivity index (χ2n) is 6.91. The lowest BCUT2D eigenvalue weighted by Crippen LogP contribution is -2.38. The number of ether oxygens (including phenoxy) is 1. The fraction of sp³-hybridized carbons (Fsp3) is 0.750. The van der Waals surface area contributed by atoms with Gasteiger partial charge in [-0.2, -0.15) is 4.98 Å². The minimum atomic E-state index is 0.0174. The lowest BCUT2D eigenvalue weighted by Gasteiger charge is -2.36. The van der Waals surface area contributed by atoms with Crippen molar-refractivity contribution in [3.8, 4) is 0 Å². The SMILES string of the molecule is CN[C@@H]1CCN(c2nc(N)nc3c2COC2(CCCC2)C3)C1. The molecule has 3 N–H and O–H groups in total. The number of aromatic nitrogens is 2. The molecule has 0 aromatic carbocycles. The first kappa shape index (κ1) is 14.2. The molecule has 1 saturated heterocycles. The Hall–Kier alpha value is -1.40. The molecule has 0 amide bonds. The predicted molar refractivity (Wildman–Crippen MR) is 85.8 cm³/mol. The summed E-state index contributed by atoms with van der Waals surface area (Å²) in [5, 5.41) is 3.35. The van der Waals surface area contributed by atoms with Crippen LogP contribution >= 0.6 is 0 Å². The van der Waals surface area contributed by atoms with Crippen molar-refractivity contribution in [2.75, 3.05) is 30.8 Å². The molecule has 3 heterocycles. The minimum Gasteiger partial charge on any atom is -0.370 e. The number of nitrogens with one attached hydrogen (secondary N) is 1. The van der Waals surface area contributed by atoms with Crippen molar-refractivity contribution in [3.63, 3.8) is 0 Å². The number of nitrogens with zero attached hydrogens (tertiary/aromatic N) is 3. The molecule has 1 saturated carbocycles. The number of likely N-dealkylation sites (N-methyl/N-ethyl adjacent to an activating group) is 1. The van der Waals surface area contributed by atoms with Crippen LogP contribution in [0.3, 0.4) is 0 Å². The largest absolute Gasteiger partial charge is 0.370 e. The third-order valence-electron chi connectivity index (χ3n) is 5.51. The number of rotatable bonds is 2. The van der Waals surface area contributed by atoms with Gasteiger partial charge in [0.1, 0.15) is 5.82 Å². The van der Waals surface area contributed by atoms with E-state index in [4.69, 9.17) is 10.5 Å². The van der Waals surface area contributed by atoms with Gasteiger partial charge in [-0.3, -0.25) is 0 Å². The van der Waals surface area contributed by atoms with Crippen LogP contribution in [0.4, 0.5) is 11.8 Å². The van der Waals surface area contributed by atoms with E-state index in [0.29, 0.717) is 18.6 Å². The maximum Gasteiger partial charge on any atom is 0.222 e. The Morgan fingerprint density at radius 3 is 2.86 bits per heavy atom. The fourth-order valence-electron chi connectivity index (χ4n) is 4.20. The molecule has 22 heavy (non-hydrogen) atoms. The maximum absolute atomic E-state index is 6.28. The van der Waals surface area contributed by atoms with Crippen LogP contribution in [0, 0.1) is 0 Å². The second-order valence-corrected chi connectivity index (χ2v) is 6.91. The number of hydrogen-bond acceptors (Lipinski definition) is 6. The van der Waals surface area contributed by atoms with Crippen LogP contribution in [0.1, 0.15) is 43.4 Å². The molecule has 2 aliphatic heterocycles. The van der Waals surface area contributed by atoms with E-state index >= 15 is 0 Å². The van der Waals surface area contributed by atoms with Gasteiger partial charge in [0.15, 0.2) is 0 Å². The molecule has 1 aliphatic carbocycles. The van der Waals surface area contributed by atoms with Crippen LogP contribution in [0.25, 0.3) is 0 Å². The zero-order valence-corrected chi connectivity index (χ0v) is 13.3. The number of fused-ring (bicyclic) bond motifs is 1. The van der Waals surface area contributed by atoms with Crippen molar-refractivity contribution in [2.24, 2.45) is 0 Å². The first-order valence-corrected chi connectivity index (χ1v) is 8.40. The summed E-state index contributed by atoms with van der Waals surface area (Å²) in [5.41, 5.74) is 8.29. The van der Waals surface area contributed by atoms with Gasteiger partial charge >= 0.3 is 0 Å². The second kappa shape index (κ2) is 5.35. The smallest absolute Gasteiger partial charge is 0.222 e. The lowest BCUT2D eigenvalue weighted by molar-refractivity contribution is -0.0633. The molecule has 120 valence electrons. The molecule has 4 rings (SSSR count). The van der Waals surface area contributed by atoms with Gasteiger partial charge in [0.25, 0.3) is 0 Å². The van der Waals surface area contributed by atoms with E-state index in [-0.39, 0.29) is 5.60 Å². The lowest BCUT2D eigenvalue weighted by atomic mass is 9.91. The van der Waals surface area contributed by atoms with Crippen LogP contribution in [-0.2, 0) is 17.8 Å². The van der Waals surface area contributed by atoms with Crippen LogP contribution in [-0.4, -0.2) is 41.7 Å². The molecule has 1 aromatic heterocycles. The topological polar surface area (TPSA) is 76.3 Å². The highest BCUT2D eigenvalue weighted by molar-refractivity contribution is 5.53. The molecule has 0 radical (unpaired) electrons. The molecule has 1 aromatic rings. The summed E-state index contributed by atoms with van der Waals surface area (Å²) < 4.78 is 6.28. The molecule has 3 aliphatic rings. The Bertz CT molecular complexity index is 570. The maximum atomic E-state index is 6.28. The molecular formula is C16H25N5O. The number of hydrogen-bond donors (Lipinski definition) is 2. The molecule has 6 heteroatoms. The van der Waals surface area contributed by atoms with E-state index in [1.54, 1.807) is 0 Å². The highest BCUT2D eigenvalue weighted by atomic mass is 16.5. The molecule has 0 unspecified atom stereocenters. The normalized spacial score (nSPS) is 26.6. The highest BCUT2D eigenvalue weighted by Gasteiger charge is 2.40. The van der Waals surface area contributed by atoms with Crippen molar-refractivity contribution in [1.29, 1.82) is 0 Å². The molecule has 0 bridgehead atoms. The summed E-state index contributed by atoms with van der Waals surface area (Å²) in [6.45, 7) is 2.62. The number of nitrogen functional groups attached to an aromatic ring is 1. The third-order valence-corrected chi connectivity index (χ3v) is 5.51. The van der Waals surface area contributed by atoms with E-state index < -0.39 is 0 Å². The van der Waals surface area contributed by atoms with Crippen LogP contribution in [0.15, 0.2) is 0 Å². The first-order chi connectivity index (χ1) is 10.7. The van der Waals surface area contributed by atoms with E-state index in [2.05, 4.69) is 20.2 Å². The van der Waals surface area contributed by atoms with Gasteiger partial charge in [-0.25, -0.2) is 4.98 Å². The Kier molecular flexibility index (Phi) is 3.46. The summed E-state index contributed by atoms with van der Waals surface area (Å²) in [6, 6.07) is 0.525. The third kappa shape index (κ3) is 2.34. The Morgan fingerprint density at radius 2 is 2.14 bits per heavy atom. The van der Waals surface area contributed by atoms with Gasteiger partial charge in [0.05, 0.1) is 17.9 Å². The van der Waals surface area contributed by atoms with Crippen molar-refractivity contribution in [1.82, 2.24) is 15.3 Å². The average Bonchev–Trinajstić information content (AvgIpc) is 3.15. The Morgan fingerprint density at radius 1 is 1.32 bits per heavy atom. The van der Waals surface area contributed by atoms with E-state index in [9.17, 15) is 0 Å². The summed E-state index contributed by atoms with van der Waals surface area (Å²) in [4.78, 5) is 11.4. The van der Waals surface area contributed by atoms with E-state index in [1.807, 2.05) is 7.05 Å². The van der Waals surface area contributed by atoms with Gasteiger partial charge < -0.3 is 20.7 Å². The van der Waals surface area contributed by atoms with Gasteiger partial charge in [-0.1, -0.05) is 12.8 Å². The predicted octanol–water partition coefficient (Wildman–Crippen LogP) is 1.24. The van der Waals surface area contributed by atoms with Crippen molar-refractivity contribution < 1.29 is 4.74 Å². The molecule has 1 atom stereocenters. The van der Waals surface area contributed by atoms with Crippen molar-refractivity contribution in [3.05, 3.63) is 11.3 Å². The van der Waals surface area contributed by atoms with E-state index in [1.165, 1.54) is 12.8 Å². The zero-order valence-electron chi connectivity index (χ0n) is 13.3. The van der Waals surface area contributed by atoms with Gasteiger partial charge in [0, 0.05) is 31.1 Å². The number of nitrogens with two attached hydrogens (primary N) is 1. The zero-order chi connectivity index (χ0) is 15.2. The minimum absolute atomic E-state index is 0.0174. The molecule has 6 nitrogen and oxygen atoms in total. The standard InChI is InChI=1S/C16H25N5O/c1-18-11-4-7-21(9-11)14-12-10-22-16(5-2-3-6-16)8-13(12)19-15(17)20-14/h11,18H,2-10H2,1H3,(H2,17,19,20)/t11-/m1/s1. The Labute approximate surface area is 131 Å². The van der Waals surface area contributed by atoms with Crippen LogP contribution < -0.4 is 16.0 Å². The van der Waals surface area contributed by atoms with E-state index in [0.717, 1.165) is 55.8 Å². The summed E-state index contributed by atoms with van der Waals surface area (Å²) in [7, 11) is 2.02. The molecule has 2 fully saturated rings. The van der Waals surface area contributed by atoms with Gasteiger partial charge in [0.2, 0.25) is 5.95 Å². The monoisotopic (exact) mass is 303 g/mol. The first-order valence-electron chi connectivity index (χ1n) is 8.40. The van der Waals surface area contributed by atoms with Gasteiger partial charge in [-0.15, -0.1) is 0 Å². The summed E-state index contributed by atoms with van der Waals surface area (Å²) in [6.07, 6.45) is 6.86. The fourth-order valence-corrected chi connectivity index (χ4v) is 4.20. The van der Waals surface area contributed by atoms with Crippen LogP contribution in [0.5, 0.6) is 0 Å². The Balaban J connectivity index is 1.65. The molecule has 1 spiro atoms. The average molecular weight is 303 g/mol. The highest BCUT2D eigenvalue weighted by Crippen LogP contribution is 2.42. The summed E-state index contributed by atoms with van der Waals surface area (Å²) in [5.74, 6) is 1.39. The molecular weight excluding hydrogens is 278 g/mol. The van der Waals surface area contributed by atoms with Gasteiger partial charge in [-0.05, 0) is 26.3 Å². The number of anilines is 2.